The smallest absolute Gasteiger partial charge is 0.122 e. The predicted molar refractivity (Wildman–Crippen MR) is 70.2 cm³/mol. The second-order valence-electron chi connectivity index (χ2n) is 3.60. The number of hydrogen-bond donors (Lipinski definition) is 2. The fourth-order valence-corrected chi connectivity index (χ4v) is 2.32. The van der Waals surface area contributed by atoms with Crippen LogP contribution in [0.5, 0.6) is 0 Å². The van der Waals surface area contributed by atoms with E-state index in [0.717, 1.165) is 23.7 Å². The van der Waals surface area contributed by atoms with Crippen molar-refractivity contribution in [1.29, 1.82) is 5.41 Å². The third-order valence-electron chi connectivity index (χ3n) is 2.34. The molecule has 0 spiro atoms. The van der Waals surface area contributed by atoms with Gasteiger partial charge in [0.05, 0.1) is 6.61 Å². The molecule has 1 rings (SSSR count). The summed E-state index contributed by atoms with van der Waals surface area (Å²) in [5.74, 6) is 2.11. The highest BCUT2D eigenvalue weighted by atomic mass is 32.2. The van der Waals surface area contributed by atoms with Gasteiger partial charge in [-0.1, -0.05) is 12.1 Å². The van der Waals surface area contributed by atoms with E-state index in [-0.39, 0.29) is 5.84 Å². The van der Waals surface area contributed by atoms with Gasteiger partial charge < -0.3 is 10.5 Å². The predicted octanol–water partition coefficient (Wildman–Crippen LogP) is 2.16. The van der Waals surface area contributed by atoms with Crippen LogP contribution in [0.15, 0.2) is 18.2 Å². The molecule has 0 fully saturated rings. The molecule has 0 aliphatic rings. The molecule has 0 atom stereocenters. The van der Waals surface area contributed by atoms with Crippen molar-refractivity contribution in [3.8, 4) is 0 Å². The van der Waals surface area contributed by atoms with E-state index < -0.39 is 0 Å². The molecule has 88 valence electrons. The summed E-state index contributed by atoms with van der Waals surface area (Å²) in [6.45, 7) is 2.84. The summed E-state index contributed by atoms with van der Waals surface area (Å²) in [6, 6.07) is 5.92. The number of amidine groups is 1. The van der Waals surface area contributed by atoms with Crippen molar-refractivity contribution in [2.75, 3.05) is 19.5 Å². The molecule has 0 aliphatic carbocycles. The Hall–Kier alpha value is -1.00. The summed E-state index contributed by atoms with van der Waals surface area (Å²) in [5, 5.41) is 7.35. The summed E-state index contributed by atoms with van der Waals surface area (Å²) in [6.07, 6.45) is 0. The zero-order chi connectivity index (χ0) is 12.0. The van der Waals surface area contributed by atoms with Gasteiger partial charge in [0.15, 0.2) is 0 Å². The molecule has 0 radical (unpaired) electrons. The van der Waals surface area contributed by atoms with Crippen molar-refractivity contribution in [1.82, 2.24) is 0 Å². The van der Waals surface area contributed by atoms with Gasteiger partial charge in [-0.3, -0.25) is 5.41 Å². The lowest BCUT2D eigenvalue weighted by atomic mass is 10.1. The van der Waals surface area contributed by atoms with Crippen molar-refractivity contribution in [3.05, 3.63) is 34.9 Å². The van der Waals surface area contributed by atoms with Gasteiger partial charge in [-0.05, 0) is 24.1 Å². The Bertz CT molecular complexity index is 366. The van der Waals surface area contributed by atoms with Crippen LogP contribution in [-0.4, -0.2) is 25.3 Å². The summed E-state index contributed by atoms with van der Waals surface area (Å²) in [4.78, 5) is 0. The number of rotatable bonds is 6. The molecule has 4 heteroatoms. The van der Waals surface area contributed by atoms with Crippen LogP contribution in [0.2, 0.25) is 0 Å². The van der Waals surface area contributed by atoms with Crippen LogP contribution in [0, 0.1) is 12.3 Å². The van der Waals surface area contributed by atoms with Gasteiger partial charge in [-0.15, -0.1) is 0 Å². The zero-order valence-electron chi connectivity index (χ0n) is 9.75. The summed E-state index contributed by atoms with van der Waals surface area (Å²) < 4.78 is 5.00. The topological polar surface area (TPSA) is 59.1 Å². The number of hydrogen-bond acceptors (Lipinski definition) is 3. The second-order valence-corrected chi connectivity index (χ2v) is 4.71. The molecule has 3 N–H and O–H groups in total. The first kappa shape index (κ1) is 13.1. The Morgan fingerprint density at radius 3 is 2.81 bits per heavy atom. The number of aryl methyl sites for hydroxylation is 1. The molecular formula is C12H18N2OS. The number of benzene rings is 1. The molecule has 0 saturated heterocycles. The van der Waals surface area contributed by atoms with Crippen molar-refractivity contribution in [2.24, 2.45) is 5.73 Å². The molecule has 16 heavy (non-hydrogen) atoms. The van der Waals surface area contributed by atoms with Gasteiger partial charge in [0.2, 0.25) is 0 Å². The van der Waals surface area contributed by atoms with E-state index >= 15 is 0 Å². The summed E-state index contributed by atoms with van der Waals surface area (Å²) in [7, 11) is 1.72. The standard InChI is InChI=1S/C12H18N2OS/c1-9-7-10(12(13)14)3-4-11(9)8-16-6-5-15-2/h3-4,7H,5-6,8H2,1-2H3,(H3,13,14). The Balaban J connectivity index is 2.57. The van der Waals surface area contributed by atoms with Crippen LogP contribution < -0.4 is 5.73 Å². The summed E-state index contributed by atoms with van der Waals surface area (Å²) in [5.41, 5.74) is 8.72. The lowest BCUT2D eigenvalue weighted by Gasteiger charge is -2.07. The van der Waals surface area contributed by atoms with Gasteiger partial charge in [0.1, 0.15) is 5.84 Å². The van der Waals surface area contributed by atoms with E-state index in [1.807, 2.05) is 30.0 Å². The van der Waals surface area contributed by atoms with E-state index in [9.17, 15) is 0 Å². The molecule has 0 heterocycles. The first-order valence-electron chi connectivity index (χ1n) is 5.15. The molecule has 0 aromatic heterocycles. The number of methoxy groups -OCH3 is 1. The van der Waals surface area contributed by atoms with Crippen molar-refractivity contribution in [2.45, 2.75) is 12.7 Å². The third-order valence-corrected chi connectivity index (χ3v) is 3.31. The zero-order valence-corrected chi connectivity index (χ0v) is 10.6. The van der Waals surface area contributed by atoms with Crippen LogP contribution in [0.25, 0.3) is 0 Å². The lowest BCUT2D eigenvalue weighted by molar-refractivity contribution is 0.218. The first-order chi connectivity index (χ1) is 7.65. The fourth-order valence-electron chi connectivity index (χ4n) is 1.35. The average molecular weight is 238 g/mol. The maximum atomic E-state index is 7.35. The number of nitrogens with two attached hydrogens (primary N) is 1. The highest BCUT2D eigenvalue weighted by Crippen LogP contribution is 2.17. The monoisotopic (exact) mass is 238 g/mol. The van der Waals surface area contributed by atoms with Crippen LogP contribution in [0.4, 0.5) is 0 Å². The van der Waals surface area contributed by atoms with Gasteiger partial charge >= 0.3 is 0 Å². The van der Waals surface area contributed by atoms with Crippen LogP contribution in [0.3, 0.4) is 0 Å². The minimum Gasteiger partial charge on any atom is -0.384 e. The van der Waals surface area contributed by atoms with Crippen molar-refractivity contribution >= 4 is 17.6 Å². The maximum absolute atomic E-state index is 7.35. The Morgan fingerprint density at radius 2 is 2.25 bits per heavy atom. The minimum atomic E-state index is 0.127. The summed E-state index contributed by atoms with van der Waals surface area (Å²) >= 11 is 1.85. The average Bonchev–Trinajstić information content (AvgIpc) is 2.26. The SMILES string of the molecule is COCCSCc1ccc(C(=N)N)cc1C. The quantitative estimate of drug-likeness (QED) is 0.453. The molecule has 1 aromatic rings. The number of thioether (sulfide) groups is 1. The van der Waals surface area contributed by atoms with Gasteiger partial charge in [-0.2, -0.15) is 11.8 Å². The normalized spacial score (nSPS) is 10.4. The number of nitrogens with one attached hydrogen (secondary N) is 1. The third kappa shape index (κ3) is 3.87. The van der Waals surface area contributed by atoms with Gasteiger partial charge in [-0.25, -0.2) is 0 Å². The van der Waals surface area contributed by atoms with Gasteiger partial charge in [0.25, 0.3) is 0 Å². The molecule has 0 saturated carbocycles. The van der Waals surface area contributed by atoms with Crippen LogP contribution >= 0.6 is 11.8 Å². The Morgan fingerprint density at radius 1 is 1.50 bits per heavy atom. The first-order valence-corrected chi connectivity index (χ1v) is 6.31. The van der Waals surface area contributed by atoms with Crippen LogP contribution in [0.1, 0.15) is 16.7 Å². The fraction of sp³-hybridized carbons (Fsp3) is 0.417. The van der Waals surface area contributed by atoms with E-state index in [0.29, 0.717) is 0 Å². The molecule has 0 amide bonds. The van der Waals surface area contributed by atoms with Crippen molar-refractivity contribution in [3.63, 3.8) is 0 Å². The Labute approximate surface area is 101 Å². The molecule has 3 nitrogen and oxygen atoms in total. The number of ether oxygens (including phenoxy) is 1. The molecule has 0 bridgehead atoms. The van der Waals surface area contributed by atoms with E-state index in [1.54, 1.807) is 7.11 Å². The lowest BCUT2D eigenvalue weighted by Crippen LogP contribution is -2.11. The highest BCUT2D eigenvalue weighted by Gasteiger charge is 2.02. The minimum absolute atomic E-state index is 0.127. The van der Waals surface area contributed by atoms with E-state index in [2.05, 4.69) is 6.92 Å². The molecular weight excluding hydrogens is 220 g/mol. The maximum Gasteiger partial charge on any atom is 0.122 e. The molecule has 1 aromatic carbocycles. The highest BCUT2D eigenvalue weighted by molar-refractivity contribution is 7.98. The van der Waals surface area contributed by atoms with E-state index in [1.165, 1.54) is 11.1 Å². The Kier molecular flexibility index (Phi) is 5.35. The number of nitrogen functional groups attached to an aromatic ring is 1. The molecule has 0 aliphatic heterocycles. The second kappa shape index (κ2) is 6.55. The van der Waals surface area contributed by atoms with Crippen molar-refractivity contribution < 1.29 is 4.74 Å². The molecule has 0 unspecified atom stereocenters. The van der Waals surface area contributed by atoms with Gasteiger partial charge in [0, 0.05) is 24.2 Å². The van der Waals surface area contributed by atoms with E-state index in [4.69, 9.17) is 15.9 Å². The largest absolute Gasteiger partial charge is 0.384 e. The van der Waals surface area contributed by atoms with Crippen LogP contribution in [-0.2, 0) is 10.5 Å².